The van der Waals surface area contributed by atoms with Gasteiger partial charge in [-0.05, 0) is 30.3 Å². The van der Waals surface area contributed by atoms with Crippen molar-refractivity contribution in [2.24, 2.45) is 0 Å². The molecule has 0 amide bonds. The predicted octanol–water partition coefficient (Wildman–Crippen LogP) is 3.81. The molecule has 0 fully saturated rings. The van der Waals surface area contributed by atoms with E-state index in [0.29, 0.717) is 24.8 Å². The van der Waals surface area contributed by atoms with Crippen molar-refractivity contribution >= 4 is 23.4 Å². The lowest BCUT2D eigenvalue weighted by Gasteiger charge is -2.10. The van der Waals surface area contributed by atoms with Crippen LogP contribution in [-0.2, 0) is 11.3 Å². The number of nitrogens with zero attached hydrogens (tertiary/aromatic N) is 4. The fraction of sp³-hybridized carbons (Fsp3) is 0.278. The van der Waals surface area contributed by atoms with Crippen LogP contribution in [0.2, 0.25) is 5.02 Å². The second kappa shape index (κ2) is 9.56. The van der Waals surface area contributed by atoms with Crippen LogP contribution in [0.3, 0.4) is 0 Å². The van der Waals surface area contributed by atoms with Crippen LogP contribution < -0.4 is 4.74 Å². The quantitative estimate of drug-likeness (QED) is 0.409. The summed E-state index contributed by atoms with van der Waals surface area (Å²) < 4.78 is 13.0. The summed E-state index contributed by atoms with van der Waals surface area (Å²) in [6.45, 7) is 1.81. The summed E-state index contributed by atoms with van der Waals surface area (Å²) in [4.78, 5) is 4.05. The van der Waals surface area contributed by atoms with Crippen LogP contribution in [0.4, 0.5) is 0 Å². The Morgan fingerprint density at radius 2 is 1.96 bits per heavy atom. The van der Waals surface area contributed by atoms with Crippen LogP contribution in [-0.4, -0.2) is 45.8 Å². The van der Waals surface area contributed by atoms with Gasteiger partial charge < -0.3 is 9.47 Å². The third-order valence-electron chi connectivity index (χ3n) is 3.55. The highest BCUT2D eigenvalue weighted by Gasteiger charge is 2.14. The molecule has 0 spiro atoms. The Morgan fingerprint density at radius 3 is 2.73 bits per heavy atom. The first-order chi connectivity index (χ1) is 12.8. The minimum atomic E-state index is 0.548. The number of hydrogen-bond acceptors (Lipinski definition) is 6. The van der Waals surface area contributed by atoms with Crippen molar-refractivity contribution in [1.82, 2.24) is 19.7 Å². The van der Waals surface area contributed by atoms with Crippen LogP contribution in [0.1, 0.15) is 0 Å². The number of rotatable bonds is 9. The van der Waals surface area contributed by atoms with Crippen molar-refractivity contribution in [3.63, 3.8) is 0 Å². The summed E-state index contributed by atoms with van der Waals surface area (Å²) in [6, 6.07) is 11.2. The largest absolute Gasteiger partial charge is 0.493 e. The second-order valence-corrected chi connectivity index (χ2v) is 6.84. The molecule has 0 N–H and O–H groups in total. The summed E-state index contributed by atoms with van der Waals surface area (Å²) in [5.41, 5.74) is 0.977. The average molecular weight is 391 g/mol. The summed E-state index contributed by atoms with van der Waals surface area (Å²) in [6.07, 6.45) is 3.49. The zero-order valence-electron chi connectivity index (χ0n) is 14.3. The lowest BCUT2D eigenvalue weighted by molar-refractivity contribution is 0.185. The molecule has 0 unspecified atom stereocenters. The summed E-state index contributed by atoms with van der Waals surface area (Å²) in [5, 5.41) is 10.2. The molecular formula is C18H19ClN4O2S. The summed E-state index contributed by atoms with van der Waals surface area (Å²) in [5.74, 6) is 2.31. The van der Waals surface area contributed by atoms with E-state index < -0.39 is 0 Å². The smallest absolute Gasteiger partial charge is 0.191 e. The van der Waals surface area contributed by atoms with Gasteiger partial charge in [0.1, 0.15) is 5.75 Å². The Hall–Kier alpha value is -2.09. The van der Waals surface area contributed by atoms with E-state index in [1.165, 1.54) is 0 Å². The zero-order chi connectivity index (χ0) is 18.2. The van der Waals surface area contributed by atoms with E-state index in [-0.39, 0.29) is 0 Å². The number of thioether (sulfide) groups is 1. The van der Waals surface area contributed by atoms with Crippen LogP contribution in [0, 0.1) is 0 Å². The van der Waals surface area contributed by atoms with E-state index in [0.717, 1.165) is 28.0 Å². The maximum atomic E-state index is 5.96. The van der Waals surface area contributed by atoms with Gasteiger partial charge in [0.15, 0.2) is 11.0 Å². The summed E-state index contributed by atoms with van der Waals surface area (Å²) >= 11 is 7.56. The molecule has 136 valence electrons. The van der Waals surface area contributed by atoms with Gasteiger partial charge >= 0.3 is 0 Å². The molecule has 2 aromatic heterocycles. The first-order valence-electron chi connectivity index (χ1n) is 8.11. The number of aromatic nitrogens is 4. The van der Waals surface area contributed by atoms with Gasteiger partial charge in [-0.3, -0.25) is 9.55 Å². The number of ether oxygens (including phenoxy) is 2. The van der Waals surface area contributed by atoms with Crippen LogP contribution in [0.5, 0.6) is 5.75 Å². The van der Waals surface area contributed by atoms with E-state index in [1.54, 1.807) is 37.3 Å². The molecule has 8 heteroatoms. The lowest BCUT2D eigenvalue weighted by Crippen LogP contribution is -2.08. The highest BCUT2D eigenvalue weighted by atomic mass is 35.5. The van der Waals surface area contributed by atoms with E-state index in [1.807, 2.05) is 30.3 Å². The van der Waals surface area contributed by atoms with Gasteiger partial charge in [-0.2, -0.15) is 0 Å². The number of hydrogen-bond donors (Lipinski definition) is 0. The van der Waals surface area contributed by atoms with Gasteiger partial charge in [0, 0.05) is 35.8 Å². The Balaban J connectivity index is 1.64. The van der Waals surface area contributed by atoms with Gasteiger partial charge in [0.05, 0.1) is 19.8 Å². The molecule has 0 aliphatic carbocycles. The Kier molecular flexibility index (Phi) is 6.88. The summed E-state index contributed by atoms with van der Waals surface area (Å²) in [7, 11) is 1.68. The van der Waals surface area contributed by atoms with Crippen LogP contribution in [0.25, 0.3) is 11.4 Å². The third kappa shape index (κ3) is 4.97. The molecule has 2 heterocycles. The minimum Gasteiger partial charge on any atom is -0.493 e. The molecule has 0 saturated carbocycles. The van der Waals surface area contributed by atoms with E-state index in [2.05, 4.69) is 19.7 Å². The standard InChI is InChI=1S/C18H19ClN4O2S/c1-24-10-9-23-17(14-5-7-20-8-6-14)21-22-18(23)26-12-11-25-16-4-2-3-15(19)13-16/h2-8,13H,9-12H2,1H3. The van der Waals surface area contributed by atoms with Crippen molar-refractivity contribution in [3.05, 3.63) is 53.8 Å². The van der Waals surface area contributed by atoms with E-state index in [9.17, 15) is 0 Å². The molecule has 0 aliphatic rings. The second-order valence-electron chi connectivity index (χ2n) is 5.34. The average Bonchev–Trinajstić information content (AvgIpc) is 3.07. The van der Waals surface area contributed by atoms with E-state index >= 15 is 0 Å². The molecule has 0 saturated heterocycles. The molecule has 0 aliphatic heterocycles. The van der Waals surface area contributed by atoms with Gasteiger partial charge in [0.2, 0.25) is 0 Å². The lowest BCUT2D eigenvalue weighted by atomic mass is 10.2. The van der Waals surface area contributed by atoms with Gasteiger partial charge in [-0.25, -0.2) is 0 Å². The topological polar surface area (TPSA) is 62.1 Å². The Labute approximate surface area is 161 Å². The normalized spacial score (nSPS) is 10.8. The SMILES string of the molecule is COCCn1c(SCCOc2cccc(Cl)c2)nnc1-c1ccncc1. The number of benzene rings is 1. The number of halogens is 1. The van der Waals surface area contributed by atoms with Crippen molar-refractivity contribution in [3.8, 4) is 17.1 Å². The number of methoxy groups -OCH3 is 1. The highest BCUT2D eigenvalue weighted by molar-refractivity contribution is 7.99. The van der Waals surface area contributed by atoms with Crippen molar-refractivity contribution in [2.75, 3.05) is 26.1 Å². The number of pyridine rings is 1. The predicted molar refractivity (Wildman–Crippen MR) is 103 cm³/mol. The fourth-order valence-electron chi connectivity index (χ4n) is 2.34. The Morgan fingerprint density at radius 1 is 1.12 bits per heavy atom. The molecule has 3 rings (SSSR count). The molecule has 6 nitrogen and oxygen atoms in total. The fourth-order valence-corrected chi connectivity index (χ4v) is 3.31. The molecule has 0 radical (unpaired) electrons. The maximum Gasteiger partial charge on any atom is 0.191 e. The van der Waals surface area contributed by atoms with E-state index in [4.69, 9.17) is 21.1 Å². The minimum absolute atomic E-state index is 0.548. The Bertz CT molecular complexity index is 829. The first kappa shape index (κ1) is 18.7. The molecule has 1 aromatic carbocycles. The molecular weight excluding hydrogens is 372 g/mol. The molecule has 0 bridgehead atoms. The molecule has 0 atom stereocenters. The molecule has 3 aromatic rings. The van der Waals surface area contributed by atoms with Gasteiger partial charge in [0.25, 0.3) is 0 Å². The van der Waals surface area contributed by atoms with Crippen molar-refractivity contribution < 1.29 is 9.47 Å². The first-order valence-corrected chi connectivity index (χ1v) is 9.48. The van der Waals surface area contributed by atoms with Crippen molar-refractivity contribution in [1.29, 1.82) is 0 Å². The highest BCUT2D eigenvalue weighted by Crippen LogP contribution is 2.24. The zero-order valence-corrected chi connectivity index (χ0v) is 15.9. The van der Waals surface area contributed by atoms with Gasteiger partial charge in [-0.1, -0.05) is 29.4 Å². The van der Waals surface area contributed by atoms with Crippen molar-refractivity contribution in [2.45, 2.75) is 11.7 Å². The monoisotopic (exact) mass is 390 g/mol. The third-order valence-corrected chi connectivity index (χ3v) is 4.72. The maximum absolute atomic E-state index is 5.96. The van der Waals surface area contributed by atoms with Crippen LogP contribution >= 0.6 is 23.4 Å². The van der Waals surface area contributed by atoms with Gasteiger partial charge in [-0.15, -0.1) is 10.2 Å². The molecule has 26 heavy (non-hydrogen) atoms. The van der Waals surface area contributed by atoms with Crippen LogP contribution in [0.15, 0.2) is 53.9 Å².